The minimum atomic E-state index is -1.02. The van der Waals surface area contributed by atoms with Crippen LogP contribution in [0.1, 0.15) is 17.9 Å². The van der Waals surface area contributed by atoms with Crippen LogP contribution in [0.3, 0.4) is 0 Å². The molecule has 1 saturated carbocycles. The maximum absolute atomic E-state index is 12.6. The van der Waals surface area contributed by atoms with Gasteiger partial charge in [-0.3, -0.25) is 4.79 Å². The molecule has 0 unspecified atom stereocenters. The average Bonchev–Trinajstić information content (AvgIpc) is 3.41. The van der Waals surface area contributed by atoms with E-state index in [2.05, 4.69) is 0 Å². The van der Waals surface area contributed by atoms with Crippen LogP contribution in [0.25, 0.3) is 0 Å². The zero-order valence-electron chi connectivity index (χ0n) is 13.1. The Labute approximate surface area is 139 Å². The van der Waals surface area contributed by atoms with Crippen molar-refractivity contribution < 1.29 is 28.9 Å². The van der Waals surface area contributed by atoms with Crippen LogP contribution in [0.15, 0.2) is 18.2 Å². The molecule has 7 heteroatoms. The molecule has 7 nitrogen and oxygen atoms in total. The van der Waals surface area contributed by atoms with Crippen molar-refractivity contribution in [3.05, 3.63) is 23.8 Å². The molecule has 1 aromatic rings. The van der Waals surface area contributed by atoms with Gasteiger partial charge in [0.1, 0.15) is 13.2 Å². The van der Waals surface area contributed by atoms with Crippen molar-refractivity contribution in [3.8, 4) is 11.5 Å². The van der Waals surface area contributed by atoms with Crippen LogP contribution in [0.2, 0.25) is 0 Å². The van der Waals surface area contributed by atoms with Gasteiger partial charge in [-0.1, -0.05) is 6.07 Å². The lowest BCUT2D eigenvalue weighted by molar-refractivity contribution is -0.159. The van der Waals surface area contributed by atoms with Crippen LogP contribution >= 0.6 is 0 Å². The number of morpholine rings is 1. The third-order valence-electron chi connectivity index (χ3n) is 4.76. The molecule has 128 valence electrons. The Kier molecular flexibility index (Phi) is 3.80. The maximum atomic E-state index is 12.6. The number of carboxylic acid groups (broad SMARTS) is 1. The topological polar surface area (TPSA) is 85.3 Å². The van der Waals surface area contributed by atoms with E-state index in [9.17, 15) is 9.59 Å². The first-order chi connectivity index (χ1) is 11.6. The Morgan fingerprint density at radius 3 is 2.71 bits per heavy atom. The Morgan fingerprint density at radius 1 is 1.12 bits per heavy atom. The summed E-state index contributed by atoms with van der Waals surface area (Å²) in [7, 11) is 0. The van der Waals surface area contributed by atoms with Crippen molar-refractivity contribution in [1.29, 1.82) is 0 Å². The van der Waals surface area contributed by atoms with Crippen molar-refractivity contribution in [3.63, 3.8) is 0 Å². The third kappa shape index (κ3) is 2.80. The molecule has 2 aliphatic heterocycles. The van der Waals surface area contributed by atoms with E-state index < -0.39 is 12.1 Å². The molecule has 1 aromatic carbocycles. The quantitative estimate of drug-likeness (QED) is 0.884. The Hall–Kier alpha value is -2.28. The molecule has 3 aliphatic rings. The minimum absolute atomic E-state index is 0.0180. The molecule has 1 N–H and O–H groups in total. The Bertz CT molecular complexity index is 675. The summed E-state index contributed by atoms with van der Waals surface area (Å²) in [6, 6.07) is 5.81. The molecular formula is C17H19NO6. The highest BCUT2D eigenvalue weighted by Crippen LogP contribution is 2.50. The van der Waals surface area contributed by atoms with E-state index in [0.29, 0.717) is 19.8 Å². The van der Waals surface area contributed by atoms with Gasteiger partial charge in [-0.05, 0) is 30.0 Å². The van der Waals surface area contributed by atoms with Crippen LogP contribution in [0.4, 0.5) is 0 Å². The zero-order chi connectivity index (χ0) is 16.7. The summed E-state index contributed by atoms with van der Waals surface area (Å²) < 4.78 is 16.3. The summed E-state index contributed by atoms with van der Waals surface area (Å²) in [5.41, 5.74) is 1.07. The van der Waals surface area contributed by atoms with E-state index in [1.54, 1.807) is 4.90 Å². The van der Waals surface area contributed by atoms with Gasteiger partial charge in [-0.15, -0.1) is 0 Å². The van der Waals surface area contributed by atoms with Crippen molar-refractivity contribution in [2.24, 2.45) is 5.92 Å². The third-order valence-corrected chi connectivity index (χ3v) is 4.76. The summed E-state index contributed by atoms with van der Waals surface area (Å²) >= 11 is 0. The number of hydrogen-bond acceptors (Lipinski definition) is 5. The number of benzene rings is 1. The summed E-state index contributed by atoms with van der Waals surface area (Å²) in [6.07, 6.45) is -0.137. The number of rotatable bonds is 3. The van der Waals surface area contributed by atoms with E-state index in [4.69, 9.17) is 19.3 Å². The van der Waals surface area contributed by atoms with Crippen LogP contribution in [0, 0.1) is 5.92 Å². The number of carbonyl (C=O) groups excluding carboxylic acids is 1. The van der Waals surface area contributed by atoms with Crippen molar-refractivity contribution in [1.82, 2.24) is 4.90 Å². The van der Waals surface area contributed by atoms with E-state index in [1.165, 1.54) is 0 Å². The molecule has 1 aliphatic carbocycles. The molecule has 1 saturated heterocycles. The lowest BCUT2D eigenvalue weighted by atomic mass is 10.1. The first-order valence-corrected chi connectivity index (χ1v) is 8.16. The van der Waals surface area contributed by atoms with Gasteiger partial charge in [0.25, 0.3) is 0 Å². The molecule has 0 spiro atoms. The Balaban J connectivity index is 1.42. The number of fused-ring (bicyclic) bond motifs is 1. The van der Waals surface area contributed by atoms with Crippen LogP contribution in [0.5, 0.6) is 11.5 Å². The number of hydrogen-bond donors (Lipinski definition) is 1. The number of carboxylic acids is 1. The molecule has 2 heterocycles. The minimum Gasteiger partial charge on any atom is -0.486 e. The van der Waals surface area contributed by atoms with Crippen LogP contribution in [-0.2, 0) is 14.3 Å². The van der Waals surface area contributed by atoms with E-state index in [-0.39, 0.29) is 30.9 Å². The van der Waals surface area contributed by atoms with E-state index in [0.717, 1.165) is 23.5 Å². The molecular weight excluding hydrogens is 314 g/mol. The second-order valence-corrected chi connectivity index (χ2v) is 6.33. The van der Waals surface area contributed by atoms with Gasteiger partial charge < -0.3 is 24.2 Å². The molecule has 24 heavy (non-hydrogen) atoms. The number of nitrogens with zero attached hydrogens (tertiary/aromatic N) is 1. The molecule has 0 radical (unpaired) electrons. The fourth-order valence-electron chi connectivity index (χ4n) is 3.36. The largest absolute Gasteiger partial charge is 0.486 e. The summed E-state index contributed by atoms with van der Waals surface area (Å²) in [5, 5.41) is 9.05. The lowest BCUT2D eigenvalue weighted by Gasteiger charge is -2.31. The van der Waals surface area contributed by atoms with Crippen LogP contribution < -0.4 is 9.47 Å². The SMILES string of the molecule is O=C(O)[C@@H]1CN(C(=O)[C@H]2C[C@@H]2c2ccc3c(c2)OCCO3)CCO1. The van der Waals surface area contributed by atoms with Gasteiger partial charge in [-0.25, -0.2) is 4.79 Å². The molecule has 2 fully saturated rings. The second kappa shape index (κ2) is 5.98. The van der Waals surface area contributed by atoms with E-state index >= 15 is 0 Å². The van der Waals surface area contributed by atoms with Gasteiger partial charge in [0.15, 0.2) is 17.6 Å². The summed E-state index contributed by atoms with van der Waals surface area (Å²) in [4.78, 5) is 25.3. The average molecular weight is 333 g/mol. The van der Waals surface area contributed by atoms with Gasteiger partial charge >= 0.3 is 5.97 Å². The number of aliphatic carboxylic acids is 1. The highest BCUT2D eigenvalue weighted by Gasteiger charge is 2.47. The van der Waals surface area contributed by atoms with Crippen molar-refractivity contribution >= 4 is 11.9 Å². The summed E-state index contributed by atoms with van der Waals surface area (Å²) in [5.74, 6) is 0.552. The van der Waals surface area contributed by atoms with Gasteiger partial charge in [-0.2, -0.15) is 0 Å². The summed E-state index contributed by atoms with van der Waals surface area (Å²) in [6.45, 7) is 1.93. The van der Waals surface area contributed by atoms with Gasteiger partial charge in [0, 0.05) is 12.5 Å². The van der Waals surface area contributed by atoms with Gasteiger partial charge in [0.2, 0.25) is 5.91 Å². The maximum Gasteiger partial charge on any atom is 0.334 e. The molecule has 0 aromatic heterocycles. The molecule has 3 atom stereocenters. The van der Waals surface area contributed by atoms with Crippen molar-refractivity contribution in [2.75, 3.05) is 32.9 Å². The normalized spacial score (nSPS) is 28.3. The number of carbonyl (C=O) groups is 2. The number of amides is 1. The number of ether oxygens (including phenoxy) is 3. The molecule has 0 bridgehead atoms. The monoisotopic (exact) mass is 333 g/mol. The van der Waals surface area contributed by atoms with E-state index in [1.807, 2.05) is 18.2 Å². The second-order valence-electron chi connectivity index (χ2n) is 6.33. The fourth-order valence-corrected chi connectivity index (χ4v) is 3.36. The smallest absolute Gasteiger partial charge is 0.334 e. The Morgan fingerprint density at radius 2 is 1.92 bits per heavy atom. The van der Waals surface area contributed by atoms with Crippen molar-refractivity contribution in [2.45, 2.75) is 18.4 Å². The fraction of sp³-hybridized carbons (Fsp3) is 0.529. The first-order valence-electron chi connectivity index (χ1n) is 8.16. The zero-order valence-corrected chi connectivity index (χ0v) is 13.1. The highest BCUT2D eigenvalue weighted by atomic mass is 16.6. The highest BCUT2D eigenvalue weighted by molar-refractivity contribution is 5.84. The molecule has 1 amide bonds. The molecule has 4 rings (SSSR count). The lowest BCUT2D eigenvalue weighted by Crippen LogP contribution is -2.49. The predicted octanol–water partition coefficient (Wildman–Crippen LogP) is 0.873. The van der Waals surface area contributed by atoms with Gasteiger partial charge in [0.05, 0.1) is 13.2 Å². The predicted molar refractivity (Wildman–Crippen MR) is 82.2 cm³/mol. The standard InChI is InChI=1S/C17H19NO6/c19-16(18-3-4-22-15(9-18)17(20)21)12-8-11(12)10-1-2-13-14(7-10)24-6-5-23-13/h1-2,7,11-12,15H,3-6,8-9H2,(H,20,21)/t11-,12+,15+/m1/s1. The first kappa shape index (κ1) is 15.3. The van der Waals surface area contributed by atoms with Crippen LogP contribution in [-0.4, -0.2) is 60.9 Å².